The molecule has 0 radical (unpaired) electrons. The second-order valence-corrected chi connectivity index (χ2v) is 9.05. The molecule has 0 bridgehead atoms. The van der Waals surface area contributed by atoms with Crippen LogP contribution in [-0.2, 0) is 20.9 Å². The molecule has 2 aromatic carbocycles. The van der Waals surface area contributed by atoms with Gasteiger partial charge in [-0.1, -0.05) is 40.2 Å². The topological polar surface area (TPSA) is 64.6 Å². The van der Waals surface area contributed by atoms with E-state index in [0.717, 1.165) is 51.1 Å². The highest BCUT2D eigenvalue weighted by atomic mass is 79.9. The largest absolute Gasteiger partial charge is 0.497 e. The maximum Gasteiger partial charge on any atom is 0.337 e. The van der Waals surface area contributed by atoms with E-state index in [2.05, 4.69) is 21.2 Å². The van der Waals surface area contributed by atoms with Crippen molar-refractivity contribution in [3.8, 4) is 5.75 Å². The lowest BCUT2D eigenvalue weighted by Gasteiger charge is -2.34. The molecule has 4 rings (SSSR count). The molecule has 166 valence electrons. The lowest BCUT2D eigenvalue weighted by atomic mass is 9.75. The van der Waals surface area contributed by atoms with Crippen LogP contribution >= 0.6 is 15.9 Å². The molecule has 1 aliphatic carbocycles. The Hall–Kier alpha value is -2.86. The average Bonchev–Trinajstić information content (AvgIpc) is 2.79. The lowest BCUT2D eigenvalue weighted by Crippen LogP contribution is -2.34. The van der Waals surface area contributed by atoms with Crippen molar-refractivity contribution in [1.82, 2.24) is 5.32 Å². The zero-order chi connectivity index (χ0) is 22.8. The Bertz CT molecular complexity index is 1130. The number of hydrogen-bond acceptors (Lipinski definition) is 5. The molecule has 32 heavy (non-hydrogen) atoms. The van der Waals surface area contributed by atoms with Gasteiger partial charge in [-0.3, -0.25) is 4.79 Å². The van der Waals surface area contributed by atoms with E-state index in [0.29, 0.717) is 17.6 Å². The number of allylic oxidation sites excluding steroid dienone is 3. The predicted molar refractivity (Wildman–Crippen MR) is 126 cm³/mol. The number of Topliss-reactive ketones (excluding diaryl/α,β-unsaturated/α-hetero) is 1. The molecule has 0 aromatic heterocycles. The third-order valence-corrected chi connectivity index (χ3v) is 6.91. The number of ketones is 1. The van der Waals surface area contributed by atoms with Gasteiger partial charge in [-0.2, -0.15) is 0 Å². The quantitative estimate of drug-likeness (QED) is 0.556. The van der Waals surface area contributed by atoms with Crippen LogP contribution in [0.1, 0.15) is 48.8 Å². The number of ether oxygens (including phenoxy) is 2. The van der Waals surface area contributed by atoms with Crippen molar-refractivity contribution in [2.24, 2.45) is 0 Å². The maximum absolute atomic E-state index is 13.3. The number of rotatable bonds is 5. The molecule has 0 spiro atoms. The summed E-state index contributed by atoms with van der Waals surface area (Å²) in [5.41, 5.74) is 5.70. The fourth-order valence-electron chi connectivity index (χ4n) is 4.32. The van der Waals surface area contributed by atoms with Crippen molar-refractivity contribution >= 4 is 27.7 Å². The van der Waals surface area contributed by atoms with Gasteiger partial charge in [-0.25, -0.2) is 4.79 Å². The SMILES string of the molecule is COc1ccc(COC(=O)C2=C(C)NC3=C(C(=O)CCC3)C2c2ccc(C)c(Br)c2)cc1. The molecule has 0 saturated carbocycles. The van der Waals surface area contributed by atoms with Gasteiger partial charge in [0.2, 0.25) is 0 Å². The van der Waals surface area contributed by atoms with E-state index in [4.69, 9.17) is 9.47 Å². The summed E-state index contributed by atoms with van der Waals surface area (Å²) in [6.45, 7) is 4.03. The number of nitrogens with one attached hydrogen (secondary N) is 1. The Morgan fingerprint density at radius 1 is 1.12 bits per heavy atom. The lowest BCUT2D eigenvalue weighted by molar-refractivity contribution is -0.140. The predicted octanol–water partition coefficient (Wildman–Crippen LogP) is 5.48. The van der Waals surface area contributed by atoms with E-state index in [1.54, 1.807) is 7.11 Å². The number of halogens is 1. The highest BCUT2D eigenvalue weighted by Gasteiger charge is 2.39. The molecule has 0 fully saturated rings. The smallest absolute Gasteiger partial charge is 0.337 e. The van der Waals surface area contributed by atoms with Crippen LogP contribution in [0.5, 0.6) is 5.75 Å². The number of esters is 1. The summed E-state index contributed by atoms with van der Waals surface area (Å²) in [6.07, 6.45) is 2.12. The second kappa shape index (κ2) is 9.33. The first-order valence-electron chi connectivity index (χ1n) is 10.7. The maximum atomic E-state index is 13.3. The average molecular weight is 496 g/mol. The second-order valence-electron chi connectivity index (χ2n) is 8.20. The third kappa shape index (κ3) is 4.37. The standard InChI is InChI=1S/C26H26BrNO4/c1-15-7-10-18(13-20(15)27)24-23(16(2)28-21-5-4-6-22(29)25(21)24)26(30)32-14-17-8-11-19(31-3)12-9-17/h7-13,24,28H,4-6,14H2,1-3H3. The van der Waals surface area contributed by atoms with Crippen LogP contribution in [0.2, 0.25) is 0 Å². The van der Waals surface area contributed by atoms with Gasteiger partial charge in [0.25, 0.3) is 0 Å². The molecule has 5 nitrogen and oxygen atoms in total. The fraction of sp³-hybridized carbons (Fsp3) is 0.308. The van der Waals surface area contributed by atoms with Crippen LogP contribution in [0.3, 0.4) is 0 Å². The molecule has 1 heterocycles. The Balaban J connectivity index is 1.68. The molecular weight excluding hydrogens is 470 g/mol. The van der Waals surface area contributed by atoms with Crippen LogP contribution < -0.4 is 10.1 Å². The molecule has 2 aliphatic rings. The van der Waals surface area contributed by atoms with Crippen molar-refractivity contribution in [2.45, 2.75) is 45.6 Å². The van der Waals surface area contributed by atoms with Crippen molar-refractivity contribution < 1.29 is 19.1 Å². The van der Waals surface area contributed by atoms with Crippen LogP contribution in [-0.4, -0.2) is 18.9 Å². The summed E-state index contributed by atoms with van der Waals surface area (Å²) in [6, 6.07) is 13.4. The molecular formula is C26H26BrNO4. The fourth-order valence-corrected chi connectivity index (χ4v) is 4.72. The number of carbonyl (C=O) groups excluding carboxylic acids is 2. The zero-order valence-corrected chi connectivity index (χ0v) is 20.0. The summed E-state index contributed by atoms with van der Waals surface area (Å²) in [4.78, 5) is 26.3. The first kappa shape index (κ1) is 22.3. The number of carbonyl (C=O) groups is 2. The normalized spacial score (nSPS) is 18.2. The van der Waals surface area contributed by atoms with Crippen molar-refractivity contribution in [3.63, 3.8) is 0 Å². The van der Waals surface area contributed by atoms with Gasteiger partial charge in [-0.05, 0) is 61.6 Å². The molecule has 1 aliphatic heterocycles. The van der Waals surface area contributed by atoms with Gasteiger partial charge < -0.3 is 14.8 Å². The summed E-state index contributed by atoms with van der Waals surface area (Å²) in [5, 5.41) is 3.33. The van der Waals surface area contributed by atoms with Crippen LogP contribution in [0.15, 0.2) is 69.5 Å². The Morgan fingerprint density at radius 2 is 1.88 bits per heavy atom. The number of benzene rings is 2. The molecule has 1 atom stereocenters. The number of aryl methyl sites for hydroxylation is 1. The molecule has 0 amide bonds. The highest BCUT2D eigenvalue weighted by Crippen LogP contribution is 2.43. The Morgan fingerprint density at radius 3 is 2.56 bits per heavy atom. The Kier molecular flexibility index (Phi) is 6.51. The van der Waals surface area contributed by atoms with E-state index in [9.17, 15) is 9.59 Å². The number of methoxy groups -OCH3 is 1. The van der Waals surface area contributed by atoms with Crippen LogP contribution in [0.4, 0.5) is 0 Å². The number of dihydropyridines is 1. The van der Waals surface area contributed by atoms with Gasteiger partial charge >= 0.3 is 5.97 Å². The monoisotopic (exact) mass is 495 g/mol. The van der Waals surface area contributed by atoms with Gasteiger partial charge in [0.15, 0.2) is 5.78 Å². The van der Waals surface area contributed by atoms with Crippen molar-refractivity contribution in [1.29, 1.82) is 0 Å². The van der Waals surface area contributed by atoms with Gasteiger partial charge in [0.05, 0.1) is 12.7 Å². The van der Waals surface area contributed by atoms with E-state index >= 15 is 0 Å². The highest BCUT2D eigenvalue weighted by molar-refractivity contribution is 9.10. The molecule has 1 unspecified atom stereocenters. The minimum atomic E-state index is -0.445. The molecule has 6 heteroatoms. The van der Waals surface area contributed by atoms with E-state index in [1.807, 2.05) is 56.3 Å². The first-order chi connectivity index (χ1) is 15.4. The van der Waals surface area contributed by atoms with Crippen LogP contribution in [0.25, 0.3) is 0 Å². The molecule has 2 aromatic rings. The third-order valence-electron chi connectivity index (χ3n) is 6.05. The van der Waals surface area contributed by atoms with E-state index in [1.165, 1.54) is 0 Å². The molecule has 1 N–H and O–H groups in total. The number of hydrogen-bond donors (Lipinski definition) is 1. The molecule has 0 saturated heterocycles. The zero-order valence-electron chi connectivity index (χ0n) is 18.5. The van der Waals surface area contributed by atoms with Crippen LogP contribution in [0, 0.1) is 6.92 Å². The minimum Gasteiger partial charge on any atom is -0.497 e. The minimum absolute atomic E-state index is 0.0911. The van der Waals surface area contributed by atoms with E-state index in [-0.39, 0.29) is 12.4 Å². The van der Waals surface area contributed by atoms with Gasteiger partial charge in [0.1, 0.15) is 12.4 Å². The van der Waals surface area contributed by atoms with Crippen molar-refractivity contribution in [2.75, 3.05) is 7.11 Å². The first-order valence-corrected chi connectivity index (χ1v) is 11.5. The van der Waals surface area contributed by atoms with Gasteiger partial charge in [-0.15, -0.1) is 0 Å². The van der Waals surface area contributed by atoms with Gasteiger partial charge in [0, 0.05) is 33.8 Å². The summed E-state index contributed by atoms with van der Waals surface area (Å²) >= 11 is 3.60. The van der Waals surface area contributed by atoms with E-state index < -0.39 is 11.9 Å². The summed E-state index contributed by atoms with van der Waals surface area (Å²) in [7, 11) is 1.61. The van der Waals surface area contributed by atoms with Crippen molar-refractivity contribution in [3.05, 3.63) is 86.2 Å². The summed E-state index contributed by atoms with van der Waals surface area (Å²) in [5.74, 6) is -0.0273. The Labute approximate surface area is 196 Å². The summed E-state index contributed by atoms with van der Waals surface area (Å²) < 4.78 is 11.8.